The molecule has 0 radical (unpaired) electrons. The number of ketones is 1. The fourth-order valence-electron chi connectivity index (χ4n) is 1.81. The zero-order chi connectivity index (χ0) is 14.5. The van der Waals surface area contributed by atoms with Crippen LogP contribution in [0.15, 0.2) is 35.4 Å². The van der Waals surface area contributed by atoms with Crippen LogP contribution < -0.4 is 4.67 Å². The molecule has 3 nitrogen and oxygen atoms in total. The predicted molar refractivity (Wildman–Crippen MR) is 85.3 cm³/mol. The van der Waals surface area contributed by atoms with Crippen molar-refractivity contribution in [3.8, 4) is 0 Å². The summed E-state index contributed by atoms with van der Waals surface area (Å²) in [5.74, 6) is 0.140. The van der Waals surface area contributed by atoms with Crippen LogP contribution in [0, 0.1) is 0 Å². The number of hydrogen-bond donors (Lipinski definition) is 0. The Morgan fingerprint density at radius 3 is 2.11 bits per heavy atom. The number of benzene rings is 1. The molecule has 4 heteroatoms. The largest absolute Gasteiger partial charge is 0.295 e. The minimum Gasteiger partial charge on any atom is -0.295 e. The first-order valence-electron chi connectivity index (χ1n) is 6.86. The van der Waals surface area contributed by atoms with Gasteiger partial charge in [0.05, 0.1) is 0 Å². The quantitative estimate of drug-likeness (QED) is 0.445. The lowest BCUT2D eigenvalue weighted by atomic mass is 10.1. The van der Waals surface area contributed by atoms with Crippen LogP contribution in [0.2, 0.25) is 19.6 Å². The Kier molecular flexibility index (Phi) is 5.48. The molecule has 0 amide bonds. The average molecular weight is 276 g/mol. The third-order valence-corrected chi connectivity index (χ3v) is 4.46. The molecule has 1 rings (SSSR count). The van der Waals surface area contributed by atoms with E-state index in [1.54, 1.807) is 0 Å². The summed E-state index contributed by atoms with van der Waals surface area (Å²) in [7, 11) is -1.67. The van der Waals surface area contributed by atoms with Crippen molar-refractivity contribution in [3.05, 3.63) is 30.3 Å². The zero-order valence-corrected chi connectivity index (χ0v) is 13.6. The van der Waals surface area contributed by atoms with Crippen molar-refractivity contribution in [1.29, 1.82) is 0 Å². The van der Waals surface area contributed by atoms with Crippen LogP contribution in [-0.2, 0) is 4.79 Å². The maximum atomic E-state index is 11.9. The highest BCUT2D eigenvalue weighted by Gasteiger charge is 2.25. The third-order valence-electron chi connectivity index (χ3n) is 2.83. The molecule has 0 saturated heterocycles. The second-order valence-corrected chi connectivity index (χ2v) is 10.3. The molecule has 0 unspecified atom stereocenters. The fraction of sp³-hybridized carbons (Fsp3) is 0.467. The van der Waals surface area contributed by atoms with Gasteiger partial charge in [0.25, 0.3) is 0 Å². The standard InChI is InChI=1S/C15H24N2OSi/c1-6-14(15(18)7-2)16-17(19(3,4)5)13-11-9-8-10-12-13/h8-12H,6-7H2,1-5H3/b16-14+. The first-order valence-corrected chi connectivity index (χ1v) is 10.3. The monoisotopic (exact) mass is 276 g/mol. The Labute approximate surface area is 117 Å². The molecular weight excluding hydrogens is 252 g/mol. The van der Waals surface area contributed by atoms with E-state index < -0.39 is 8.24 Å². The molecule has 0 aliphatic rings. The van der Waals surface area contributed by atoms with Gasteiger partial charge in [0.2, 0.25) is 0 Å². The highest BCUT2D eigenvalue weighted by Crippen LogP contribution is 2.22. The molecule has 0 aliphatic heterocycles. The lowest BCUT2D eigenvalue weighted by Crippen LogP contribution is -2.43. The van der Waals surface area contributed by atoms with Gasteiger partial charge in [-0.2, -0.15) is 5.10 Å². The summed E-state index contributed by atoms with van der Waals surface area (Å²) >= 11 is 0. The molecule has 1 aromatic carbocycles. The second-order valence-electron chi connectivity index (χ2n) is 5.50. The van der Waals surface area contributed by atoms with E-state index in [9.17, 15) is 4.79 Å². The molecular formula is C15H24N2OSi. The first kappa shape index (κ1) is 15.6. The zero-order valence-electron chi connectivity index (χ0n) is 12.6. The van der Waals surface area contributed by atoms with Gasteiger partial charge in [0, 0.05) is 12.1 Å². The van der Waals surface area contributed by atoms with Gasteiger partial charge in [0.15, 0.2) is 14.0 Å². The summed E-state index contributed by atoms with van der Waals surface area (Å²) in [6.45, 7) is 10.6. The van der Waals surface area contributed by atoms with Crippen LogP contribution >= 0.6 is 0 Å². The molecule has 104 valence electrons. The molecule has 19 heavy (non-hydrogen) atoms. The Bertz CT molecular complexity index is 449. The van der Waals surface area contributed by atoms with Crippen molar-refractivity contribution < 1.29 is 4.79 Å². The molecule has 0 spiro atoms. The van der Waals surface area contributed by atoms with E-state index in [2.05, 4.69) is 29.4 Å². The van der Waals surface area contributed by atoms with Gasteiger partial charge in [-0.25, -0.2) is 0 Å². The number of rotatable bonds is 6. The molecule has 0 aromatic heterocycles. The number of anilines is 1. The normalized spacial score (nSPS) is 12.4. The van der Waals surface area contributed by atoms with Crippen LogP contribution in [0.4, 0.5) is 5.69 Å². The molecule has 0 saturated carbocycles. The van der Waals surface area contributed by atoms with E-state index in [1.165, 1.54) is 0 Å². The Hall–Kier alpha value is -1.42. The number of nitrogens with zero attached hydrogens (tertiary/aromatic N) is 2. The van der Waals surface area contributed by atoms with E-state index >= 15 is 0 Å². The molecule has 0 aliphatic carbocycles. The fourth-order valence-corrected chi connectivity index (χ4v) is 3.16. The summed E-state index contributed by atoms with van der Waals surface area (Å²) in [5, 5.41) is 4.67. The number of hydrazone groups is 1. The van der Waals surface area contributed by atoms with Crippen molar-refractivity contribution in [2.45, 2.75) is 46.3 Å². The molecule has 0 fully saturated rings. The Balaban J connectivity index is 3.20. The van der Waals surface area contributed by atoms with Crippen molar-refractivity contribution in [3.63, 3.8) is 0 Å². The smallest absolute Gasteiger partial charge is 0.178 e. The van der Waals surface area contributed by atoms with Gasteiger partial charge < -0.3 is 0 Å². The van der Waals surface area contributed by atoms with E-state index in [4.69, 9.17) is 0 Å². The maximum Gasteiger partial charge on any atom is 0.178 e. The van der Waals surface area contributed by atoms with Gasteiger partial charge in [-0.05, 0) is 38.2 Å². The van der Waals surface area contributed by atoms with Gasteiger partial charge in [-0.1, -0.05) is 32.0 Å². The van der Waals surface area contributed by atoms with E-state index in [-0.39, 0.29) is 5.78 Å². The SMILES string of the molecule is CCC(=O)/C(CC)=N/N(c1ccccc1)[Si](C)(C)C. The van der Waals surface area contributed by atoms with Crippen molar-refractivity contribution in [2.75, 3.05) is 4.67 Å². The Morgan fingerprint density at radius 2 is 1.68 bits per heavy atom. The summed E-state index contributed by atoms with van der Waals surface area (Å²) < 4.78 is 2.07. The van der Waals surface area contributed by atoms with E-state index in [0.29, 0.717) is 18.6 Å². The number of hydrogen-bond acceptors (Lipinski definition) is 3. The summed E-state index contributed by atoms with van der Waals surface area (Å²) in [5.41, 5.74) is 1.74. The van der Waals surface area contributed by atoms with Crippen molar-refractivity contribution in [2.24, 2.45) is 5.10 Å². The van der Waals surface area contributed by atoms with Crippen LogP contribution in [0.3, 0.4) is 0 Å². The summed E-state index contributed by atoms with van der Waals surface area (Å²) in [6, 6.07) is 10.1. The maximum absolute atomic E-state index is 11.9. The highest BCUT2D eigenvalue weighted by atomic mass is 28.3. The number of Topliss-reactive ketones (excluding diaryl/α,β-unsaturated/α-hetero) is 1. The topological polar surface area (TPSA) is 32.7 Å². The molecule has 0 bridgehead atoms. The molecule has 1 aromatic rings. The Morgan fingerprint density at radius 1 is 1.11 bits per heavy atom. The first-order chi connectivity index (χ1) is 8.90. The minimum atomic E-state index is -1.67. The van der Waals surface area contributed by atoms with Crippen molar-refractivity contribution >= 4 is 25.4 Å². The van der Waals surface area contributed by atoms with Crippen LogP contribution in [0.25, 0.3) is 0 Å². The van der Waals surface area contributed by atoms with Crippen molar-refractivity contribution in [1.82, 2.24) is 0 Å². The third kappa shape index (κ3) is 4.31. The van der Waals surface area contributed by atoms with Gasteiger partial charge >= 0.3 is 0 Å². The molecule has 0 atom stereocenters. The lowest BCUT2D eigenvalue weighted by Gasteiger charge is -2.32. The average Bonchev–Trinajstić information content (AvgIpc) is 2.38. The number of para-hydroxylation sites is 1. The predicted octanol–water partition coefficient (Wildman–Crippen LogP) is 4.07. The minimum absolute atomic E-state index is 0.140. The van der Waals surface area contributed by atoms with E-state index in [0.717, 1.165) is 5.69 Å². The summed E-state index contributed by atoms with van der Waals surface area (Å²) in [4.78, 5) is 11.9. The lowest BCUT2D eigenvalue weighted by molar-refractivity contribution is -0.112. The highest BCUT2D eigenvalue weighted by molar-refractivity contribution is 6.79. The number of carbonyl (C=O) groups excluding carboxylic acids is 1. The van der Waals surface area contributed by atoms with Gasteiger partial charge in [-0.15, -0.1) is 0 Å². The second kappa shape index (κ2) is 6.66. The number of carbonyl (C=O) groups is 1. The van der Waals surface area contributed by atoms with E-state index in [1.807, 2.05) is 44.2 Å². The van der Waals surface area contributed by atoms with Crippen LogP contribution in [-0.4, -0.2) is 19.7 Å². The van der Waals surface area contributed by atoms with Crippen LogP contribution in [0.5, 0.6) is 0 Å². The van der Waals surface area contributed by atoms with Gasteiger partial charge in [-0.3, -0.25) is 9.47 Å². The molecule has 0 heterocycles. The summed E-state index contributed by atoms with van der Waals surface area (Å²) in [6.07, 6.45) is 1.20. The molecule has 0 N–H and O–H groups in total. The van der Waals surface area contributed by atoms with Crippen LogP contribution in [0.1, 0.15) is 26.7 Å². The van der Waals surface area contributed by atoms with Gasteiger partial charge in [0.1, 0.15) is 5.71 Å².